The Morgan fingerprint density at radius 2 is 2.04 bits per heavy atom. The lowest BCUT2D eigenvalue weighted by atomic mass is 10.2. The van der Waals surface area contributed by atoms with Crippen molar-refractivity contribution in [1.82, 2.24) is 24.5 Å². The molecule has 1 amide bonds. The molecule has 0 radical (unpaired) electrons. The van der Waals surface area contributed by atoms with Gasteiger partial charge in [0.05, 0.1) is 6.54 Å². The van der Waals surface area contributed by atoms with E-state index in [4.69, 9.17) is 11.6 Å². The van der Waals surface area contributed by atoms with Crippen molar-refractivity contribution >= 4 is 23.3 Å². The topological polar surface area (TPSA) is 63.4 Å². The second-order valence-electron chi connectivity index (χ2n) is 6.37. The Hall–Kier alpha value is -2.47. The van der Waals surface area contributed by atoms with E-state index in [1.807, 2.05) is 19.9 Å². The third-order valence-electron chi connectivity index (χ3n) is 4.13. The minimum atomic E-state index is -0.0688. The summed E-state index contributed by atoms with van der Waals surface area (Å²) in [4.78, 5) is 23.6. The molecule has 0 aliphatic rings. The van der Waals surface area contributed by atoms with Crippen LogP contribution >= 0.6 is 11.6 Å². The highest BCUT2D eigenvalue weighted by Gasteiger charge is 2.19. The molecule has 136 valence electrons. The summed E-state index contributed by atoms with van der Waals surface area (Å²) in [5, 5.41) is 5.07. The maximum atomic E-state index is 12.9. The molecule has 0 N–H and O–H groups in total. The molecule has 0 aliphatic carbocycles. The summed E-state index contributed by atoms with van der Waals surface area (Å²) in [5.41, 5.74) is 2.43. The molecule has 0 saturated heterocycles. The van der Waals surface area contributed by atoms with Gasteiger partial charge in [0.1, 0.15) is 0 Å². The van der Waals surface area contributed by atoms with E-state index in [0.29, 0.717) is 35.3 Å². The molecule has 0 unspecified atom stereocenters. The van der Waals surface area contributed by atoms with Crippen LogP contribution in [0.25, 0.3) is 5.78 Å². The molecule has 1 aromatic carbocycles. The Bertz CT molecular complexity index is 937. The number of halogens is 1. The molecule has 0 bridgehead atoms. The van der Waals surface area contributed by atoms with Crippen molar-refractivity contribution < 1.29 is 4.79 Å². The summed E-state index contributed by atoms with van der Waals surface area (Å²) in [6.07, 6.45) is 1.91. The first-order valence-corrected chi connectivity index (χ1v) is 9.10. The molecule has 7 heteroatoms. The van der Waals surface area contributed by atoms with Crippen molar-refractivity contribution in [1.29, 1.82) is 0 Å². The number of fused-ring (bicyclic) bond motifs is 1. The van der Waals surface area contributed by atoms with Crippen molar-refractivity contribution in [2.24, 2.45) is 0 Å². The normalized spacial score (nSPS) is 11.1. The van der Waals surface area contributed by atoms with Gasteiger partial charge in [-0.1, -0.05) is 31.0 Å². The number of carbonyl (C=O) groups excluding carboxylic acids is 1. The fourth-order valence-electron chi connectivity index (χ4n) is 2.85. The third kappa shape index (κ3) is 4.02. The lowest BCUT2D eigenvalue weighted by molar-refractivity contribution is 0.0736. The maximum absolute atomic E-state index is 12.9. The van der Waals surface area contributed by atoms with Gasteiger partial charge in [-0.05, 0) is 44.5 Å². The fourth-order valence-corrected chi connectivity index (χ4v) is 3.04. The van der Waals surface area contributed by atoms with Gasteiger partial charge in [-0.15, -0.1) is 5.10 Å². The van der Waals surface area contributed by atoms with Crippen LogP contribution in [0.4, 0.5) is 0 Å². The molecular formula is C19H22ClN5O. The Morgan fingerprint density at radius 3 is 2.77 bits per heavy atom. The monoisotopic (exact) mass is 371 g/mol. The molecule has 0 spiro atoms. The second-order valence-corrected chi connectivity index (χ2v) is 6.81. The Morgan fingerprint density at radius 1 is 1.23 bits per heavy atom. The van der Waals surface area contributed by atoms with Crippen LogP contribution in [0.5, 0.6) is 0 Å². The Balaban J connectivity index is 1.88. The zero-order valence-corrected chi connectivity index (χ0v) is 16.0. The molecule has 26 heavy (non-hydrogen) atoms. The lowest BCUT2D eigenvalue weighted by Gasteiger charge is -2.21. The highest BCUT2D eigenvalue weighted by Crippen LogP contribution is 2.15. The Kier molecular flexibility index (Phi) is 5.52. The molecule has 2 aromatic heterocycles. The number of nitrogens with zero attached hydrogens (tertiary/aromatic N) is 5. The average molecular weight is 372 g/mol. The SMILES string of the molecule is CCCCN(Cc1nc2nc(C)cc(C)n2n1)C(=O)c1cccc(Cl)c1. The molecule has 0 fully saturated rings. The van der Waals surface area contributed by atoms with Gasteiger partial charge in [0.25, 0.3) is 11.7 Å². The van der Waals surface area contributed by atoms with Gasteiger partial charge >= 0.3 is 0 Å². The van der Waals surface area contributed by atoms with Crippen LogP contribution in [0.1, 0.15) is 47.3 Å². The highest BCUT2D eigenvalue weighted by molar-refractivity contribution is 6.30. The first-order valence-electron chi connectivity index (χ1n) is 8.72. The van der Waals surface area contributed by atoms with Gasteiger partial charge < -0.3 is 4.90 Å². The van der Waals surface area contributed by atoms with Crippen molar-refractivity contribution in [2.45, 2.75) is 40.2 Å². The van der Waals surface area contributed by atoms with Crippen molar-refractivity contribution in [3.63, 3.8) is 0 Å². The molecule has 3 rings (SSSR count). The van der Waals surface area contributed by atoms with Crippen LogP contribution < -0.4 is 0 Å². The van der Waals surface area contributed by atoms with Crippen LogP contribution in [0, 0.1) is 13.8 Å². The zero-order valence-electron chi connectivity index (χ0n) is 15.2. The van der Waals surface area contributed by atoms with E-state index in [2.05, 4.69) is 22.0 Å². The third-order valence-corrected chi connectivity index (χ3v) is 4.37. The Labute approximate surface area is 157 Å². The van der Waals surface area contributed by atoms with E-state index in [1.54, 1.807) is 33.7 Å². The predicted molar refractivity (Wildman–Crippen MR) is 101 cm³/mol. The number of aromatic nitrogens is 4. The number of carbonyl (C=O) groups is 1. The summed E-state index contributed by atoms with van der Waals surface area (Å²) >= 11 is 6.04. The average Bonchev–Trinajstić information content (AvgIpc) is 3.00. The van der Waals surface area contributed by atoms with Gasteiger partial charge in [0, 0.05) is 28.5 Å². The molecule has 2 heterocycles. The summed E-state index contributed by atoms with van der Waals surface area (Å²) in [5.74, 6) is 1.07. The van der Waals surface area contributed by atoms with Crippen LogP contribution in [0.3, 0.4) is 0 Å². The van der Waals surface area contributed by atoms with E-state index < -0.39 is 0 Å². The minimum Gasteiger partial charge on any atom is -0.331 e. The number of benzene rings is 1. The van der Waals surface area contributed by atoms with E-state index in [1.165, 1.54) is 0 Å². The first kappa shape index (κ1) is 18.3. The summed E-state index contributed by atoms with van der Waals surface area (Å²) in [6, 6.07) is 8.97. The van der Waals surface area contributed by atoms with Crippen LogP contribution in [0.15, 0.2) is 30.3 Å². The van der Waals surface area contributed by atoms with Crippen LogP contribution in [-0.4, -0.2) is 36.9 Å². The van der Waals surface area contributed by atoms with Crippen LogP contribution in [0.2, 0.25) is 5.02 Å². The lowest BCUT2D eigenvalue weighted by Crippen LogP contribution is -2.32. The first-order chi connectivity index (χ1) is 12.5. The van der Waals surface area contributed by atoms with Gasteiger partial charge in [-0.3, -0.25) is 4.79 Å². The highest BCUT2D eigenvalue weighted by atomic mass is 35.5. The van der Waals surface area contributed by atoms with Gasteiger partial charge in [-0.25, -0.2) is 9.50 Å². The smallest absolute Gasteiger partial charge is 0.254 e. The van der Waals surface area contributed by atoms with Crippen LogP contribution in [-0.2, 0) is 6.54 Å². The number of rotatable bonds is 6. The minimum absolute atomic E-state index is 0.0688. The largest absolute Gasteiger partial charge is 0.331 e. The van der Waals surface area contributed by atoms with Crippen molar-refractivity contribution in [3.05, 3.63) is 58.1 Å². The molecule has 6 nitrogen and oxygen atoms in total. The zero-order chi connectivity index (χ0) is 18.7. The number of unbranched alkanes of at least 4 members (excludes halogenated alkanes) is 1. The molecule has 3 aromatic rings. The number of hydrogen-bond donors (Lipinski definition) is 0. The maximum Gasteiger partial charge on any atom is 0.254 e. The number of hydrogen-bond acceptors (Lipinski definition) is 4. The van der Waals surface area contributed by atoms with E-state index in [0.717, 1.165) is 24.2 Å². The van der Waals surface area contributed by atoms with Gasteiger partial charge in [0.15, 0.2) is 5.82 Å². The van der Waals surface area contributed by atoms with Gasteiger partial charge in [-0.2, -0.15) is 4.98 Å². The number of amides is 1. The summed E-state index contributed by atoms with van der Waals surface area (Å²) in [7, 11) is 0. The van der Waals surface area contributed by atoms with E-state index >= 15 is 0 Å². The summed E-state index contributed by atoms with van der Waals surface area (Å²) < 4.78 is 1.71. The molecular weight excluding hydrogens is 350 g/mol. The fraction of sp³-hybridized carbons (Fsp3) is 0.368. The van der Waals surface area contributed by atoms with Crippen molar-refractivity contribution in [3.8, 4) is 0 Å². The van der Waals surface area contributed by atoms with Crippen molar-refractivity contribution in [2.75, 3.05) is 6.54 Å². The molecule has 0 atom stereocenters. The molecule has 0 saturated carbocycles. The van der Waals surface area contributed by atoms with Gasteiger partial charge in [0.2, 0.25) is 0 Å². The standard InChI is InChI=1S/C19H22ClN5O/c1-4-5-9-24(18(26)15-7-6-8-16(20)11-15)12-17-22-19-21-13(2)10-14(3)25(19)23-17/h6-8,10-11H,4-5,9,12H2,1-3H3. The summed E-state index contributed by atoms with van der Waals surface area (Å²) in [6.45, 7) is 6.97. The van der Waals surface area contributed by atoms with E-state index in [-0.39, 0.29) is 5.91 Å². The second kappa shape index (κ2) is 7.83. The molecule has 0 aliphatic heterocycles. The predicted octanol–water partition coefficient (Wildman–Crippen LogP) is 3.84. The van der Waals surface area contributed by atoms with E-state index in [9.17, 15) is 4.79 Å². The quantitative estimate of drug-likeness (QED) is 0.660. The number of aryl methyl sites for hydroxylation is 2.